The van der Waals surface area contributed by atoms with E-state index < -0.39 is 0 Å². The second-order valence-electron chi connectivity index (χ2n) is 2.97. The molecule has 0 aliphatic carbocycles. The molecule has 12 heavy (non-hydrogen) atoms. The van der Waals surface area contributed by atoms with Crippen LogP contribution in [-0.2, 0) is 4.79 Å². The van der Waals surface area contributed by atoms with Gasteiger partial charge in [0.25, 0.3) is 0 Å². The fourth-order valence-electron chi connectivity index (χ4n) is 1.03. The van der Waals surface area contributed by atoms with Crippen LogP contribution in [0.4, 0.5) is 0 Å². The minimum Gasteiger partial charge on any atom is -0.330 e. The van der Waals surface area contributed by atoms with Crippen LogP contribution < -0.4 is 5.73 Å². The summed E-state index contributed by atoms with van der Waals surface area (Å²) in [5.74, 6) is 0.354. The molecule has 0 fully saturated rings. The predicted octanol–water partition coefficient (Wildman–Crippen LogP) is 2.04. The van der Waals surface area contributed by atoms with Crippen LogP contribution in [-0.4, -0.2) is 12.3 Å². The summed E-state index contributed by atoms with van der Waals surface area (Å²) in [4.78, 5) is 11.1. The fraction of sp³-hybridized carbons (Fsp3) is 0.700. The summed E-state index contributed by atoms with van der Waals surface area (Å²) in [6.07, 6.45) is 7.09. The van der Waals surface area contributed by atoms with Gasteiger partial charge in [-0.25, -0.2) is 0 Å². The lowest BCUT2D eigenvalue weighted by atomic mass is 10.1. The van der Waals surface area contributed by atoms with E-state index in [9.17, 15) is 4.79 Å². The zero-order chi connectivity index (χ0) is 9.23. The summed E-state index contributed by atoms with van der Waals surface area (Å²) >= 11 is 0. The first-order valence-electron chi connectivity index (χ1n) is 4.64. The number of carbonyl (C=O) groups is 1. The Bertz CT molecular complexity index is 132. The molecule has 0 aromatic carbocycles. The van der Waals surface area contributed by atoms with Crippen molar-refractivity contribution in [3.8, 4) is 0 Å². The first kappa shape index (κ1) is 11.4. The standard InChI is InChI=1S/C10H19NO/c1-2-3-7-10(12)8-5-4-6-9-11/h2H,1,3-9,11H2. The van der Waals surface area contributed by atoms with Crippen molar-refractivity contribution in [3.63, 3.8) is 0 Å². The van der Waals surface area contributed by atoms with Crippen molar-refractivity contribution in [3.05, 3.63) is 12.7 Å². The van der Waals surface area contributed by atoms with E-state index in [0.717, 1.165) is 32.2 Å². The van der Waals surface area contributed by atoms with Gasteiger partial charge < -0.3 is 5.73 Å². The van der Waals surface area contributed by atoms with Crippen LogP contribution in [0, 0.1) is 0 Å². The Hall–Kier alpha value is -0.630. The number of carbonyl (C=O) groups excluding carboxylic acids is 1. The Morgan fingerprint density at radius 3 is 2.58 bits per heavy atom. The minimum atomic E-state index is 0.354. The molecular weight excluding hydrogens is 150 g/mol. The highest BCUT2D eigenvalue weighted by Gasteiger charge is 1.98. The summed E-state index contributed by atoms with van der Waals surface area (Å²) in [5.41, 5.74) is 5.33. The maximum Gasteiger partial charge on any atom is 0.133 e. The van der Waals surface area contributed by atoms with Gasteiger partial charge in [-0.15, -0.1) is 6.58 Å². The van der Waals surface area contributed by atoms with E-state index in [4.69, 9.17) is 5.73 Å². The maximum atomic E-state index is 11.1. The van der Waals surface area contributed by atoms with Crippen LogP contribution in [0.2, 0.25) is 0 Å². The molecule has 0 aliphatic heterocycles. The topological polar surface area (TPSA) is 43.1 Å². The molecule has 0 bridgehead atoms. The maximum absolute atomic E-state index is 11.1. The van der Waals surface area contributed by atoms with Gasteiger partial charge in [0.1, 0.15) is 5.78 Å². The van der Waals surface area contributed by atoms with Gasteiger partial charge >= 0.3 is 0 Å². The van der Waals surface area contributed by atoms with Crippen LogP contribution in [0.3, 0.4) is 0 Å². The van der Waals surface area contributed by atoms with Crippen LogP contribution in [0.25, 0.3) is 0 Å². The third kappa shape index (κ3) is 7.48. The fourth-order valence-corrected chi connectivity index (χ4v) is 1.03. The van der Waals surface area contributed by atoms with Crippen molar-refractivity contribution in [1.82, 2.24) is 0 Å². The van der Waals surface area contributed by atoms with E-state index in [1.165, 1.54) is 0 Å². The second kappa shape index (κ2) is 8.47. The van der Waals surface area contributed by atoms with E-state index in [1.807, 2.05) is 0 Å². The summed E-state index contributed by atoms with van der Waals surface area (Å²) in [6.45, 7) is 4.31. The van der Waals surface area contributed by atoms with Gasteiger partial charge in [0.05, 0.1) is 0 Å². The predicted molar refractivity (Wildman–Crippen MR) is 52.0 cm³/mol. The van der Waals surface area contributed by atoms with Gasteiger partial charge in [-0.3, -0.25) is 4.79 Å². The number of rotatable bonds is 8. The summed E-state index contributed by atoms with van der Waals surface area (Å²) in [5, 5.41) is 0. The molecule has 70 valence electrons. The van der Waals surface area contributed by atoms with E-state index in [-0.39, 0.29) is 0 Å². The van der Waals surface area contributed by atoms with Crippen molar-refractivity contribution in [2.45, 2.75) is 38.5 Å². The van der Waals surface area contributed by atoms with Crippen molar-refractivity contribution in [2.75, 3.05) is 6.54 Å². The zero-order valence-corrected chi connectivity index (χ0v) is 7.72. The largest absolute Gasteiger partial charge is 0.330 e. The van der Waals surface area contributed by atoms with E-state index in [0.29, 0.717) is 18.6 Å². The van der Waals surface area contributed by atoms with Crippen molar-refractivity contribution >= 4 is 5.78 Å². The first-order chi connectivity index (χ1) is 5.81. The number of nitrogens with two attached hydrogens (primary N) is 1. The van der Waals surface area contributed by atoms with E-state index in [2.05, 4.69) is 6.58 Å². The van der Waals surface area contributed by atoms with Gasteiger partial charge in [0.15, 0.2) is 0 Å². The van der Waals surface area contributed by atoms with Crippen LogP contribution in [0.5, 0.6) is 0 Å². The van der Waals surface area contributed by atoms with Crippen LogP contribution in [0.1, 0.15) is 38.5 Å². The molecule has 0 saturated carbocycles. The molecule has 0 heterocycles. The number of allylic oxidation sites excluding steroid dienone is 1. The molecule has 0 atom stereocenters. The third-order valence-electron chi connectivity index (χ3n) is 1.79. The molecule has 0 unspecified atom stereocenters. The lowest BCUT2D eigenvalue weighted by Crippen LogP contribution is -2.00. The molecule has 0 spiro atoms. The molecule has 0 radical (unpaired) electrons. The minimum absolute atomic E-state index is 0.354. The SMILES string of the molecule is C=CCCC(=O)CCCCCN. The summed E-state index contributed by atoms with van der Waals surface area (Å²) in [6, 6.07) is 0. The Morgan fingerprint density at radius 1 is 1.25 bits per heavy atom. The molecule has 0 rings (SSSR count). The van der Waals surface area contributed by atoms with E-state index >= 15 is 0 Å². The Kier molecular flexibility index (Phi) is 8.02. The van der Waals surface area contributed by atoms with E-state index in [1.54, 1.807) is 6.08 Å². The highest BCUT2D eigenvalue weighted by atomic mass is 16.1. The molecule has 0 amide bonds. The molecule has 2 nitrogen and oxygen atoms in total. The van der Waals surface area contributed by atoms with Gasteiger partial charge in [-0.05, 0) is 25.8 Å². The highest BCUT2D eigenvalue weighted by Crippen LogP contribution is 2.03. The summed E-state index contributed by atoms with van der Waals surface area (Å²) < 4.78 is 0. The molecule has 2 heteroatoms. The number of hydrogen-bond donors (Lipinski definition) is 1. The summed E-state index contributed by atoms with van der Waals surface area (Å²) in [7, 11) is 0. The Balaban J connectivity index is 3.13. The quantitative estimate of drug-likeness (QED) is 0.446. The van der Waals surface area contributed by atoms with Crippen LogP contribution in [0.15, 0.2) is 12.7 Å². The first-order valence-corrected chi connectivity index (χ1v) is 4.64. The van der Waals surface area contributed by atoms with Crippen LogP contribution >= 0.6 is 0 Å². The lowest BCUT2D eigenvalue weighted by molar-refractivity contribution is -0.119. The lowest BCUT2D eigenvalue weighted by Gasteiger charge is -1.98. The molecule has 0 saturated heterocycles. The Labute approximate surface area is 74.8 Å². The van der Waals surface area contributed by atoms with Gasteiger partial charge in [0.2, 0.25) is 0 Å². The monoisotopic (exact) mass is 169 g/mol. The smallest absolute Gasteiger partial charge is 0.133 e. The molecular formula is C10H19NO. The molecule has 2 N–H and O–H groups in total. The number of unbranched alkanes of at least 4 members (excludes halogenated alkanes) is 2. The molecule has 0 aromatic rings. The normalized spacial score (nSPS) is 9.75. The van der Waals surface area contributed by atoms with Gasteiger partial charge in [-0.2, -0.15) is 0 Å². The second-order valence-corrected chi connectivity index (χ2v) is 2.97. The highest BCUT2D eigenvalue weighted by molar-refractivity contribution is 5.78. The van der Waals surface area contributed by atoms with Gasteiger partial charge in [0, 0.05) is 12.8 Å². The average Bonchev–Trinajstić information content (AvgIpc) is 2.09. The number of Topliss-reactive ketones (excluding diaryl/α,β-unsaturated/α-hetero) is 1. The Morgan fingerprint density at radius 2 is 2.00 bits per heavy atom. The van der Waals surface area contributed by atoms with Gasteiger partial charge in [-0.1, -0.05) is 12.5 Å². The molecule has 0 aliphatic rings. The average molecular weight is 169 g/mol. The molecule has 0 aromatic heterocycles. The third-order valence-corrected chi connectivity index (χ3v) is 1.79. The van der Waals surface area contributed by atoms with Crippen molar-refractivity contribution < 1.29 is 4.79 Å². The van der Waals surface area contributed by atoms with Crippen molar-refractivity contribution in [2.24, 2.45) is 5.73 Å². The zero-order valence-electron chi connectivity index (χ0n) is 7.72. The van der Waals surface area contributed by atoms with Crippen molar-refractivity contribution in [1.29, 1.82) is 0 Å². The number of hydrogen-bond acceptors (Lipinski definition) is 2. The number of ketones is 1.